The molecular weight excluding hydrogens is 313 g/mol. The van der Waals surface area contributed by atoms with E-state index in [2.05, 4.69) is 32.6 Å². The summed E-state index contributed by atoms with van der Waals surface area (Å²) in [4.78, 5) is 8.34. The molecule has 2 aromatic rings. The van der Waals surface area contributed by atoms with Crippen LogP contribution < -0.4 is 0 Å². The third-order valence-corrected chi connectivity index (χ3v) is 2.81. The Labute approximate surface area is 107 Å². The van der Waals surface area contributed by atoms with Gasteiger partial charge < -0.3 is 0 Å². The minimum Gasteiger partial charge on any atom is -0.233 e. The normalized spacial score (nSPS) is 9.81. The zero-order chi connectivity index (χ0) is 11.5. The molecule has 0 atom stereocenters. The third kappa shape index (κ3) is 2.36. The largest absolute Gasteiger partial charge is 0.233 e. The monoisotopic (exact) mass is 321 g/mol. The van der Waals surface area contributed by atoms with Crippen molar-refractivity contribution in [1.29, 1.82) is 5.26 Å². The fraction of sp³-hybridized carbons (Fsp3) is 0.0833. The van der Waals surface area contributed by atoms with E-state index < -0.39 is 0 Å². The van der Waals surface area contributed by atoms with Gasteiger partial charge in [-0.15, -0.1) is 0 Å². The number of hydrogen-bond donors (Lipinski definition) is 0. The minimum atomic E-state index is 0.404. The van der Waals surface area contributed by atoms with Crippen LogP contribution in [0.25, 0.3) is 11.3 Å². The number of nitriles is 1. The average Bonchev–Trinajstić information content (AvgIpc) is 2.29. The van der Waals surface area contributed by atoms with Gasteiger partial charge in [0, 0.05) is 15.2 Å². The lowest BCUT2D eigenvalue weighted by atomic mass is 10.1. The van der Waals surface area contributed by atoms with E-state index >= 15 is 0 Å². The van der Waals surface area contributed by atoms with Crippen molar-refractivity contribution in [2.24, 2.45) is 0 Å². The van der Waals surface area contributed by atoms with Crippen molar-refractivity contribution in [1.82, 2.24) is 9.97 Å². The van der Waals surface area contributed by atoms with Gasteiger partial charge in [0.1, 0.15) is 17.6 Å². The van der Waals surface area contributed by atoms with Crippen LogP contribution in [0, 0.1) is 21.8 Å². The van der Waals surface area contributed by atoms with Crippen LogP contribution in [0.2, 0.25) is 0 Å². The summed E-state index contributed by atoms with van der Waals surface area (Å²) in [6, 6.07) is 11.7. The van der Waals surface area contributed by atoms with E-state index in [9.17, 15) is 0 Å². The smallest absolute Gasteiger partial charge is 0.144 e. The molecule has 1 heterocycles. The number of rotatable bonds is 1. The second-order valence-corrected chi connectivity index (χ2v) is 4.55. The zero-order valence-corrected chi connectivity index (χ0v) is 10.8. The number of benzene rings is 1. The molecule has 1 aromatic heterocycles. The molecule has 0 unspecified atom stereocenters. The minimum absolute atomic E-state index is 0.404. The maximum absolute atomic E-state index is 8.84. The molecular formula is C12H8IN3. The van der Waals surface area contributed by atoms with Crippen LogP contribution in [-0.2, 0) is 0 Å². The van der Waals surface area contributed by atoms with Crippen LogP contribution in [0.4, 0.5) is 0 Å². The number of aromatic nitrogens is 2. The molecule has 0 aliphatic carbocycles. The van der Waals surface area contributed by atoms with Crippen molar-refractivity contribution < 1.29 is 0 Å². The van der Waals surface area contributed by atoms with Crippen LogP contribution in [-0.4, -0.2) is 9.97 Å². The Kier molecular flexibility index (Phi) is 3.15. The van der Waals surface area contributed by atoms with Crippen molar-refractivity contribution in [3.8, 4) is 17.3 Å². The Morgan fingerprint density at radius 2 is 1.88 bits per heavy atom. The van der Waals surface area contributed by atoms with E-state index in [0.717, 1.165) is 11.3 Å². The predicted octanol–water partition coefficient (Wildman–Crippen LogP) is 2.93. The molecule has 0 amide bonds. The van der Waals surface area contributed by atoms with Crippen molar-refractivity contribution in [3.63, 3.8) is 0 Å². The molecule has 0 fully saturated rings. The Hall–Kier alpha value is -1.48. The molecule has 0 bridgehead atoms. The SMILES string of the molecule is Cc1nc(C#N)cc(-c2ccc(I)cc2)n1. The van der Waals surface area contributed by atoms with Crippen molar-refractivity contribution >= 4 is 22.6 Å². The molecule has 2 rings (SSSR count). The Balaban J connectivity index is 2.52. The van der Waals surface area contributed by atoms with E-state index in [1.165, 1.54) is 3.57 Å². The lowest BCUT2D eigenvalue weighted by Crippen LogP contribution is -1.94. The van der Waals surface area contributed by atoms with E-state index in [4.69, 9.17) is 5.26 Å². The highest BCUT2D eigenvalue weighted by Crippen LogP contribution is 2.19. The number of aryl methyl sites for hydroxylation is 1. The van der Waals surface area contributed by atoms with Crippen molar-refractivity contribution in [3.05, 3.63) is 45.4 Å². The van der Waals surface area contributed by atoms with Gasteiger partial charge in [-0.25, -0.2) is 9.97 Å². The van der Waals surface area contributed by atoms with Crippen LogP contribution in [0.3, 0.4) is 0 Å². The predicted molar refractivity (Wildman–Crippen MR) is 69.6 cm³/mol. The average molecular weight is 321 g/mol. The maximum Gasteiger partial charge on any atom is 0.144 e. The third-order valence-electron chi connectivity index (χ3n) is 2.09. The van der Waals surface area contributed by atoms with Crippen LogP contribution >= 0.6 is 22.6 Å². The van der Waals surface area contributed by atoms with Gasteiger partial charge in [-0.3, -0.25) is 0 Å². The molecule has 0 spiro atoms. The van der Waals surface area contributed by atoms with E-state index in [1.807, 2.05) is 30.3 Å². The highest BCUT2D eigenvalue weighted by molar-refractivity contribution is 14.1. The number of nitrogens with zero attached hydrogens (tertiary/aromatic N) is 3. The van der Waals surface area contributed by atoms with Crippen LogP contribution in [0.15, 0.2) is 30.3 Å². The molecule has 16 heavy (non-hydrogen) atoms. The van der Waals surface area contributed by atoms with Gasteiger partial charge in [-0.05, 0) is 41.6 Å². The van der Waals surface area contributed by atoms with Gasteiger partial charge in [-0.1, -0.05) is 12.1 Å². The van der Waals surface area contributed by atoms with Gasteiger partial charge >= 0.3 is 0 Å². The van der Waals surface area contributed by atoms with Gasteiger partial charge in [0.15, 0.2) is 0 Å². The molecule has 3 nitrogen and oxygen atoms in total. The summed E-state index contributed by atoms with van der Waals surface area (Å²) in [6.07, 6.45) is 0. The second kappa shape index (κ2) is 4.58. The van der Waals surface area contributed by atoms with Gasteiger partial charge in [0.25, 0.3) is 0 Å². The molecule has 4 heteroatoms. The summed E-state index contributed by atoms with van der Waals surface area (Å²) in [5.41, 5.74) is 2.20. The quantitative estimate of drug-likeness (QED) is 0.759. The first kappa shape index (κ1) is 11.0. The van der Waals surface area contributed by atoms with Gasteiger partial charge in [-0.2, -0.15) is 5.26 Å². The van der Waals surface area contributed by atoms with Crippen LogP contribution in [0.1, 0.15) is 11.5 Å². The van der Waals surface area contributed by atoms with Gasteiger partial charge in [0.2, 0.25) is 0 Å². The molecule has 0 saturated carbocycles. The summed E-state index contributed by atoms with van der Waals surface area (Å²) in [5.74, 6) is 0.618. The van der Waals surface area contributed by atoms with E-state index in [0.29, 0.717) is 11.5 Å². The summed E-state index contributed by atoms with van der Waals surface area (Å²) in [6.45, 7) is 1.79. The number of hydrogen-bond acceptors (Lipinski definition) is 3. The Morgan fingerprint density at radius 3 is 2.50 bits per heavy atom. The first-order valence-electron chi connectivity index (χ1n) is 4.71. The molecule has 0 aliphatic rings. The van der Waals surface area contributed by atoms with Gasteiger partial charge in [0.05, 0.1) is 5.69 Å². The number of halogens is 1. The Morgan fingerprint density at radius 1 is 1.19 bits per heavy atom. The molecule has 0 saturated heterocycles. The molecule has 0 aliphatic heterocycles. The lowest BCUT2D eigenvalue weighted by Gasteiger charge is -2.02. The van der Waals surface area contributed by atoms with E-state index in [1.54, 1.807) is 13.0 Å². The fourth-order valence-corrected chi connectivity index (χ4v) is 1.75. The summed E-state index contributed by atoms with van der Waals surface area (Å²) < 4.78 is 1.17. The maximum atomic E-state index is 8.84. The fourth-order valence-electron chi connectivity index (χ4n) is 1.39. The summed E-state index contributed by atoms with van der Waals surface area (Å²) in [7, 11) is 0. The zero-order valence-electron chi connectivity index (χ0n) is 8.61. The lowest BCUT2D eigenvalue weighted by molar-refractivity contribution is 1.04. The standard InChI is InChI=1S/C12H8IN3/c1-8-15-11(7-14)6-12(16-8)9-2-4-10(13)5-3-9/h2-6H,1H3. The highest BCUT2D eigenvalue weighted by Gasteiger charge is 2.03. The molecule has 0 N–H and O–H groups in total. The summed E-state index contributed by atoms with van der Waals surface area (Å²) in [5, 5.41) is 8.84. The second-order valence-electron chi connectivity index (χ2n) is 3.30. The van der Waals surface area contributed by atoms with Crippen molar-refractivity contribution in [2.45, 2.75) is 6.92 Å². The first-order chi connectivity index (χ1) is 7.69. The van der Waals surface area contributed by atoms with E-state index in [-0.39, 0.29) is 0 Å². The summed E-state index contributed by atoms with van der Waals surface area (Å²) >= 11 is 2.25. The first-order valence-corrected chi connectivity index (χ1v) is 5.78. The molecule has 78 valence electrons. The Bertz CT molecular complexity index is 555. The molecule has 1 aromatic carbocycles. The topological polar surface area (TPSA) is 49.6 Å². The van der Waals surface area contributed by atoms with Crippen LogP contribution in [0.5, 0.6) is 0 Å². The van der Waals surface area contributed by atoms with Crippen molar-refractivity contribution in [2.75, 3.05) is 0 Å². The highest BCUT2D eigenvalue weighted by atomic mass is 127. The molecule has 0 radical (unpaired) electrons.